The van der Waals surface area contributed by atoms with E-state index in [0.717, 1.165) is 43.7 Å². The first kappa shape index (κ1) is 15.3. The van der Waals surface area contributed by atoms with Crippen LogP contribution in [0.25, 0.3) is 0 Å². The third kappa shape index (κ3) is 2.95. The van der Waals surface area contributed by atoms with Gasteiger partial charge in [0.25, 0.3) is 0 Å². The number of nitrogens with one attached hydrogen (secondary N) is 1. The molecule has 1 atom stereocenters. The number of ether oxygens (including phenoxy) is 1. The summed E-state index contributed by atoms with van der Waals surface area (Å²) in [6.45, 7) is 2.06. The molecule has 1 amide bonds. The van der Waals surface area contributed by atoms with Crippen LogP contribution >= 0.6 is 0 Å². The highest BCUT2D eigenvalue weighted by Gasteiger charge is 2.43. The van der Waals surface area contributed by atoms with E-state index in [1.165, 1.54) is 0 Å². The highest BCUT2D eigenvalue weighted by Crippen LogP contribution is 2.44. The standard InChI is InChI=1S/C16H23N3O3/c17-18-15(21)10-19-7-5-16(6-8-19)9-12(11-20)13-3-1-2-4-14(13)22-16/h1-4,12,20H,5-11,17H2,(H,18,21). The number of aliphatic hydroxyl groups excluding tert-OH is 1. The van der Waals surface area contributed by atoms with Crippen LogP contribution in [0.4, 0.5) is 0 Å². The number of rotatable bonds is 3. The molecule has 1 aromatic rings. The Morgan fingerprint density at radius 3 is 2.82 bits per heavy atom. The molecule has 1 saturated heterocycles. The fourth-order valence-corrected chi connectivity index (χ4v) is 3.58. The Morgan fingerprint density at radius 2 is 2.14 bits per heavy atom. The lowest BCUT2D eigenvalue weighted by Gasteiger charge is -2.46. The molecule has 1 unspecified atom stereocenters. The number of likely N-dealkylation sites (tertiary alicyclic amines) is 1. The van der Waals surface area contributed by atoms with Crippen LogP contribution in [0.5, 0.6) is 5.75 Å². The van der Waals surface area contributed by atoms with Gasteiger partial charge in [-0.1, -0.05) is 18.2 Å². The minimum atomic E-state index is -0.225. The normalized spacial score (nSPS) is 23.6. The van der Waals surface area contributed by atoms with Crippen molar-refractivity contribution >= 4 is 5.91 Å². The molecule has 2 aliphatic heterocycles. The Balaban J connectivity index is 1.70. The predicted octanol–water partition coefficient (Wildman–Crippen LogP) is 0.370. The van der Waals surface area contributed by atoms with E-state index >= 15 is 0 Å². The van der Waals surface area contributed by atoms with E-state index in [9.17, 15) is 9.90 Å². The van der Waals surface area contributed by atoms with E-state index in [1.807, 2.05) is 24.3 Å². The van der Waals surface area contributed by atoms with Crippen LogP contribution in [0.2, 0.25) is 0 Å². The van der Waals surface area contributed by atoms with Crippen LogP contribution in [0, 0.1) is 0 Å². The van der Waals surface area contributed by atoms with E-state index in [1.54, 1.807) is 0 Å². The SMILES string of the molecule is NNC(=O)CN1CCC2(CC1)CC(CO)c1ccccc1O2. The lowest BCUT2D eigenvalue weighted by molar-refractivity contribution is -0.123. The number of carbonyl (C=O) groups excluding carboxylic acids is 1. The number of benzene rings is 1. The number of aliphatic hydroxyl groups is 1. The second-order valence-electron chi connectivity index (χ2n) is 6.25. The van der Waals surface area contributed by atoms with Crippen LogP contribution in [0.3, 0.4) is 0 Å². The number of nitrogens with two attached hydrogens (primary N) is 1. The molecule has 0 aliphatic carbocycles. The average Bonchev–Trinajstić information content (AvgIpc) is 2.56. The summed E-state index contributed by atoms with van der Waals surface area (Å²) in [4.78, 5) is 13.5. The van der Waals surface area contributed by atoms with E-state index in [2.05, 4.69) is 10.3 Å². The van der Waals surface area contributed by atoms with Gasteiger partial charge in [0.1, 0.15) is 11.4 Å². The summed E-state index contributed by atoms with van der Waals surface area (Å²) >= 11 is 0. The number of piperidine rings is 1. The van der Waals surface area contributed by atoms with Gasteiger partial charge in [-0.05, 0) is 30.9 Å². The molecule has 120 valence electrons. The van der Waals surface area contributed by atoms with E-state index < -0.39 is 0 Å². The molecule has 1 spiro atoms. The fourth-order valence-electron chi connectivity index (χ4n) is 3.58. The molecular formula is C16H23N3O3. The fraction of sp³-hybridized carbons (Fsp3) is 0.562. The number of amides is 1. The molecule has 2 heterocycles. The summed E-state index contributed by atoms with van der Waals surface area (Å²) in [5.74, 6) is 5.99. The largest absolute Gasteiger partial charge is 0.487 e. The van der Waals surface area contributed by atoms with Crippen molar-refractivity contribution in [3.05, 3.63) is 29.8 Å². The van der Waals surface area contributed by atoms with Crippen molar-refractivity contribution in [1.82, 2.24) is 10.3 Å². The van der Waals surface area contributed by atoms with Gasteiger partial charge in [-0.25, -0.2) is 5.84 Å². The van der Waals surface area contributed by atoms with Gasteiger partial charge in [-0.15, -0.1) is 0 Å². The van der Waals surface area contributed by atoms with Crippen LogP contribution in [0.15, 0.2) is 24.3 Å². The maximum absolute atomic E-state index is 11.4. The van der Waals surface area contributed by atoms with Crippen LogP contribution in [-0.4, -0.2) is 47.8 Å². The lowest BCUT2D eigenvalue weighted by Crippen LogP contribution is -2.52. The minimum absolute atomic E-state index is 0.129. The summed E-state index contributed by atoms with van der Waals surface area (Å²) in [5, 5.41) is 9.72. The molecule has 0 radical (unpaired) electrons. The number of fused-ring (bicyclic) bond motifs is 1. The van der Waals surface area contributed by atoms with Crippen molar-refractivity contribution in [2.45, 2.75) is 30.8 Å². The molecule has 4 N–H and O–H groups in total. The van der Waals surface area contributed by atoms with Gasteiger partial charge in [-0.2, -0.15) is 0 Å². The van der Waals surface area contributed by atoms with Crippen molar-refractivity contribution in [2.24, 2.45) is 5.84 Å². The zero-order valence-electron chi connectivity index (χ0n) is 12.6. The molecule has 6 heteroatoms. The van der Waals surface area contributed by atoms with Crippen molar-refractivity contribution in [2.75, 3.05) is 26.2 Å². The number of hydrogen-bond acceptors (Lipinski definition) is 5. The van der Waals surface area contributed by atoms with Gasteiger partial charge in [0.15, 0.2) is 0 Å². The second-order valence-corrected chi connectivity index (χ2v) is 6.25. The topological polar surface area (TPSA) is 87.8 Å². The molecule has 22 heavy (non-hydrogen) atoms. The molecule has 1 fully saturated rings. The molecule has 2 aliphatic rings. The monoisotopic (exact) mass is 305 g/mol. The molecule has 6 nitrogen and oxygen atoms in total. The van der Waals surface area contributed by atoms with Crippen LogP contribution < -0.4 is 16.0 Å². The zero-order chi connectivity index (χ0) is 15.6. The minimum Gasteiger partial charge on any atom is -0.487 e. The van der Waals surface area contributed by atoms with E-state index in [0.29, 0.717) is 6.54 Å². The van der Waals surface area contributed by atoms with Crippen LogP contribution in [0.1, 0.15) is 30.7 Å². The van der Waals surface area contributed by atoms with Crippen molar-refractivity contribution in [3.63, 3.8) is 0 Å². The number of para-hydroxylation sites is 1. The van der Waals surface area contributed by atoms with E-state index in [4.69, 9.17) is 10.6 Å². The van der Waals surface area contributed by atoms with Gasteiger partial charge >= 0.3 is 0 Å². The second kappa shape index (κ2) is 6.24. The van der Waals surface area contributed by atoms with Crippen molar-refractivity contribution in [3.8, 4) is 5.75 Å². The molecule has 0 aromatic heterocycles. The summed E-state index contributed by atoms with van der Waals surface area (Å²) in [6.07, 6.45) is 2.54. The van der Waals surface area contributed by atoms with Gasteiger partial charge in [-0.3, -0.25) is 15.1 Å². The molecular weight excluding hydrogens is 282 g/mol. The molecule has 1 aromatic carbocycles. The smallest absolute Gasteiger partial charge is 0.248 e. The van der Waals surface area contributed by atoms with Gasteiger partial charge in [0.05, 0.1) is 13.2 Å². The first-order chi connectivity index (χ1) is 10.7. The Kier molecular flexibility index (Phi) is 4.33. The Morgan fingerprint density at radius 1 is 1.41 bits per heavy atom. The van der Waals surface area contributed by atoms with E-state index in [-0.39, 0.29) is 24.0 Å². The molecule has 0 bridgehead atoms. The lowest BCUT2D eigenvalue weighted by atomic mass is 9.77. The third-order valence-electron chi connectivity index (χ3n) is 4.82. The van der Waals surface area contributed by atoms with Gasteiger partial charge in [0, 0.05) is 19.0 Å². The Hall–Kier alpha value is -1.63. The maximum atomic E-state index is 11.4. The van der Waals surface area contributed by atoms with Gasteiger partial charge < -0.3 is 9.84 Å². The summed E-state index contributed by atoms with van der Waals surface area (Å²) in [6, 6.07) is 7.96. The Bertz CT molecular complexity index is 541. The average molecular weight is 305 g/mol. The number of hydrazine groups is 1. The Labute approximate surface area is 130 Å². The first-order valence-electron chi connectivity index (χ1n) is 7.76. The highest BCUT2D eigenvalue weighted by atomic mass is 16.5. The summed E-state index contributed by atoms with van der Waals surface area (Å²) < 4.78 is 6.31. The number of carbonyl (C=O) groups is 1. The van der Waals surface area contributed by atoms with Gasteiger partial charge in [0.2, 0.25) is 5.91 Å². The number of nitrogens with zero attached hydrogens (tertiary/aromatic N) is 1. The van der Waals surface area contributed by atoms with Crippen LogP contribution in [-0.2, 0) is 4.79 Å². The maximum Gasteiger partial charge on any atom is 0.248 e. The van der Waals surface area contributed by atoms with Crippen molar-refractivity contribution < 1.29 is 14.6 Å². The third-order valence-corrected chi connectivity index (χ3v) is 4.82. The number of hydrogen-bond donors (Lipinski definition) is 3. The highest BCUT2D eigenvalue weighted by molar-refractivity contribution is 5.77. The zero-order valence-corrected chi connectivity index (χ0v) is 12.6. The van der Waals surface area contributed by atoms with Crippen molar-refractivity contribution in [1.29, 1.82) is 0 Å². The molecule has 3 rings (SSSR count). The quantitative estimate of drug-likeness (QED) is 0.427. The predicted molar refractivity (Wildman–Crippen MR) is 82.2 cm³/mol. The summed E-state index contributed by atoms with van der Waals surface area (Å²) in [5.41, 5.74) is 3.04. The summed E-state index contributed by atoms with van der Waals surface area (Å²) in [7, 11) is 0. The first-order valence-corrected chi connectivity index (χ1v) is 7.76. The molecule has 0 saturated carbocycles.